The van der Waals surface area contributed by atoms with Crippen molar-refractivity contribution in [3.8, 4) is 11.5 Å². The van der Waals surface area contributed by atoms with Crippen LogP contribution < -0.4 is 5.32 Å². The van der Waals surface area contributed by atoms with E-state index in [2.05, 4.69) is 22.6 Å². The molecule has 0 bridgehead atoms. The molecule has 1 N–H and O–H groups in total. The SMILES string of the molecule is Cc1onc(-c2ccco2)c1C(=O)NCCCc1ccccc1. The van der Waals surface area contributed by atoms with Crippen molar-refractivity contribution in [2.45, 2.75) is 19.8 Å². The maximum atomic E-state index is 12.4. The molecule has 2 aromatic heterocycles. The number of amides is 1. The lowest BCUT2D eigenvalue weighted by molar-refractivity contribution is 0.0952. The summed E-state index contributed by atoms with van der Waals surface area (Å²) in [4.78, 5) is 12.4. The maximum absolute atomic E-state index is 12.4. The van der Waals surface area contributed by atoms with Crippen molar-refractivity contribution in [3.63, 3.8) is 0 Å². The molecule has 118 valence electrons. The summed E-state index contributed by atoms with van der Waals surface area (Å²) in [5.74, 6) is 0.816. The Balaban J connectivity index is 1.60. The molecule has 0 atom stereocenters. The van der Waals surface area contributed by atoms with E-state index < -0.39 is 0 Å². The first-order valence-electron chi connectivity index (χ1n) is 7.58. The standard InChI is InChI=1S/C18H18N2O3/c1-13-16(17(20-23-13)15-10-6-12-22-15)18(21)19-11-5-9-14-7-3-2-4-8-14/h2-4,6-8,10,12H,5,9,11H2,1H3,(H,19,21). The van der Waals surface area contributed by atoms with Gasteiger partial charge >= 0.3 is 0 Å². The summed E-state index contributed by atoms with van der Waals surface area (Å²) in [6.45, 7) is 2.31. The van der Waals surface area contributed by atoms with E-state index in [1.165, 1.54) is 5.56 Å². The third-order valence-electron chi connectivity index (χ3n) is 3.61. The maximum Gasteiger partial charge on any atom is 0.257 e. The zero-order valence-electron chi connectivity index (χ0n) is 12.9. The van der Waals surface area contributed by atoms with Gasteiger partial charge in [0.15, 0.2) is 11.5 Å². The minimum atomic E-state index is -0.191. The van der Waals surface area contributed by atoms with Crippen LogP contribution in [0.5, 0.6) is 0 Å². The van der Waals surface area contributed by atoms with Gasteiger partial charge in [-0.3, -0.25) is 4.79 Å². The summed E-state index contributed by atoms with van der Waals surface area (Å²) in [5, 5.41) is 6.84. The number of aromatic nitrogens is 1. The Morgan fingerprint density at radius 2 is 2.00 bits per heavy atom. The summed E-state index contributed by atoms with van der Waals surface area (Å²) < 4.78 is 10.5. The van der Waals surface area contributed by atoms with Crippen LogP contribution in [0.4, 0.5) is 0 Å². The molecular formula is C18H18N2O3. The van der Waals surface area contributed by atoms with Crippen molar-refractivity contribution in [2.75, 3.05) is 6.54 Å². The van der Waals surface area contributed by atoms with Crippen LogP contribution in [0.15, 0.2) is 57.7 Å². The predicted molar refractivity (Wildman–Crippen MR) is 86.0 cm³/mol. The summed E-state index contributed by atoms with van der Waals surface area (Å²) in [5.41, 5.74) is 2.13. The lowest BCUT2D eigenvalue weighted by atomic mass is 10.1. The summed E-state index contributed by atoms with van der Waals surface area (Å²) in [7, 11) is 0. The Morgan fingerprint density at radius 1 is 1.17 bits per heavy atom. The number of hydrogen-bond acceptors (Lipinski definition) is 4. The van der Waals surface area contributed by atoms with Gasteiger partial charge < -0.3 is 14.3 Å². The number of aryl methyl sites for hydroxylation is 2. The highest BCUT2D eigenvalue weighted by Crippen LogP contribution is 2.25. The van der Waals surface area contributed by atoms with Crippen LogP contribution in [0.2, 0.25) is 0 Å². The fraction of sp³-hybridized carbons (Fsp3) is 0.222. The molecule has 1 amide bonds. The van der Waals surface area contributed by atoms with E-state index in [9.17, 15) is 4.79 Å². The fourth-order valence-electron chi connectivity index (χ4n) is 2.45. The van der Waals surface area contributed by atoms with Crippen LogP contribution >= 0.6 is 0 Å². The molecule has 5 nitrogen and oxygen atoms in total. The Kier molecular flexibility index (Phi) is 4.57. The van der Waals surface area contributed by atoms with Crippen LogP contribution in [0.25, 0.3) is 11.5 Å². The zero-order valence-corrected chi connectivity index (χ0v) is 12.9. The Bertz CT molecular complexity index is 761. The first-order valence-corrected chi connectivity index (χ1v) is 7.58. The molecule has 1 aromatic carbocycles. The quantitative estimate of drug-likeness (QED) is 0.706. The fourth-order valence-corrected chi connectivity index (χ4v) is 2.45. The number of hydrogen-bond donors (Lipinski definition) is 1. The molecule has 0 fully saturated rings. The molecule has 0 aliphatic heterocycles. The molecule has 3 aromatic rings. The monoisotopic (exact) mass is 310 g/mol. The first-order chi connectivity index (χ1) is 11.3. The van der Waals surface area contributed by atoms with Gasteiger partial charge in [-0.25, -0.2) is 0 Å². The Morgan fingerprint density at radius 3 is 2.74 bits per heavy atom. The van der Waals surface area contributed by atoms with Gasteiger partial charge in [-0.1, -0.05) is 35.5 Å². The number of carbonyl (C=O) groups is 1. The number of rotatable bonds is 6. The van der Waals surface area contributed by atoms with Gasteiger partial charge in [0.2, 0.25) is 0 Å². The van der Waals surface area contributed by atoms with Gasteiger partial charge in [-0.15, -0.1) is 0 Å². The van der Waals surface area contributed by atoms with Gasteiger partial charge in [0.1, 0.15) is 11.3 Å². The normalized spacial score (nSPS) is 10.7. The highest BCUT2D eigenvalue weighted by atomic mass is 16.5. The molecular weight excluding hydrogens is 292 g/mol. The Labute approximate surface area is 134 Å². The predicted octanol–water partition coefficient (Wildman–Crippen LogP) is 3.61. The van der Waals surface area contributed by atoms with Crippen molar-refractivity contribution in [1.29, 1.82) is 0 Å². The molecule has 0 saturated carbocycles. The molecule has 5 heteroatoms. The van der Waals surface area contributed by atoms with Crippen LogP contribution in [0.3, 0.4) is 0 Å². The molecule has 23 heavy (non-hydrogen) atoms. The second kappa shape index (κ2) is 6.96. The van der Waals surface area contributed by atoms with Gasteiger partial charge in [0.05, 0.1) is 6.26 Å². The van der Waals surface area contributed by atoms with Crippen LogP contribution in [0.1, 0.15) is 28.1 Å². The Hall–Kier alpha value is -2.82. The van der Waals surface area contributed by atoms with E-state index in [1.807, 2.05) is 18.2 Å². The third-order valence-corrected chi connectivity index (χ3v) is 3.61. The minimum absolute atomic E-state index is 0.191. The minimum Gasteiger partial charge on any atom is -0.463 e. The van der Waals surface area contributed by atoms with E-state index in [1.54, 1.807) is 25.3 Å². The van der Waals surface area contributed by atoms with Crippen LogP contribution in [0, 0.1) is 6.92 Å². The van der Waals surface area contributed by atoms with Gasteiger partial charge in [0.25, 0.3) is 5.91 Å². The van der Waals surface area contributed by atoms with Gasteiger partial charge in [-0.05, 0) is 37.5 Å². The highest BCUT2D eigenvalue weighted by molar-refractivity contribution is 6.00. The molecule has 0 radical (unpaired) electrons. The average molecular weight is 310 g/mol. The number of carbonyl (C=O) groups excluding carboxylic acids is 1. The molecule has 3 rings (SSSR count). The smallest absolute Gasteiger partial charge is 0.257 e. The second-order valence-corrected chi connectivity index (χ2v) is 5.28. The lowest BCUT2D eigenvalue weighted by Gasteiger charge is -2.05. The topological polar surface area (TPSA) is 68.3 Å². The molecule has 0 saturated heterocycles. The summed E-state index contributed by atoms with van der Waals surface area (Å²) in [6.07, 6.45) is 3.34. The molecule has 0 unspecified atom stereocenters. The highest BCUT2D eigenvalue weighted by Gasteiger charge is 2.22. The van der Waals surface area contributed by atoms with E-state index >= 15 is 0 Å². The van der Waals surface area contributed by atoms with E-state index in [4.69, 9.17) is 8.94 Å². The first kappa shape index (κ1) is 15.1. The van der Waals surface area contributed by atoms with E-state index in [0.29, 0.717) is 29.3 Å². The summed E-state index contributed by atoms with van der Waals surface area (Å²) >= 11 is 0. The van der Waals surface area contributed by atoms with Gasteiger partial charge in [-0.2, -0.15) is 0 Å². The molecule has 0 aliphatic rings. The van der Waals surface area contributed by atoms with Crippen molar-refractivity contribution in [2.24, 2.45) is 0 Å². The third kappa shape index (κ3) is 3.51. The largest absolute Gasteiger partial charge is 0.463 e. The number of nitrogens with zero attached hydrogens (tertiary/aromatic N) is 1. The van der Waals surface area contributed by atoms with Crippen molar-refractivity contribution >= 4 is 5.91 Å². The average Bonchev–Trinajstić information content (AvgIpc) is 3.21. The van der Waals surface area contributed by atoms with Crippen molar-refractivity contribution in [3.05, 3.63) is 65.6 Å². The second-order valence-electron chi connectivity index (χ2n) is 5.28. The van der Waals surface area contributed by atoms with Gasteiger partial charge in [0, 0.05) is 6.54 Å². The zero-order chi connectivity index (χ0) is 16.1. The van der Waals surface area contributed by atoms with E-state index in [-0.39, 0.29) is 5.91 Å². The molecule has 2 heterocycles. The van der Waals surface area contributed by atoms with Crippen LogP contribution in [-0.2, 0) is 6.42 Å². The number of furan rings is 1. The number of benzene rings is 1. The number of nitrogens with one attached hydrogen (secondary N) is 1. The van der Waals surface area contributed by atoms with E-state index in [0.717, 1.165) is 12.8 Å². The molecule has 0 spiro atoms. The molecule has 0 aliphatic carbocycles. The van der Waals surface area contributed by atoms with Crippen molar-refractivity contribution in [1.82, 2.24) is 10.5 Å². The lowest BCUT2D eigenvalue weighted by Crippen LogP contribution is -2.25. The van der Waals surface area contributed by atoms with Crippen LogP contribution in [-0.4, -0.2) is 17.6 Å². The van der Waals surface area contributed by atoms with Crippen molar-refractivity contribution < 1.29 is 13.7 Å². The summed E-state index contributed by atoms with van der Waals surface area (Å²) in [6, 6.07) is 13.7.